The van der Waals surface area contributed by atoms with Gasteiger partial charge >= 0.3 is 0 Å². The van der Waals surface area contributed by atoms with Gasteiger partial charge < -0.3 is 10.2 Å². The van der Waals surface area contributed by atoms with Crippen molar-refractivity contribution in [1.82, 2.24) is 0 Å². The van der Waals surface area contributed by atoms with Crippen LogP contribution >= 0.6 is 0 Å². The summed E-state index contributed by atoms with van der Waals surface area (Å²) in [5.74, 6) is 0. The predicted molar refractivity (Wildman–Crippen MR) is 51.4 cm³/mol. The number of aliphatic hydroxyl groups excluding tert-OH is 2. The average molecular weight is 193 g/mol. The van der Waals surface area contributed by atoms with Crippen molar-refractivity contribution in [2.75, 3.05) is 6.61 Å². The van der Waals surface area contributed by atoms with Crippen LogP contribution in [0.1, 0.15) is 11.6 Å². The highest BCUT2D eigenvalue weighted by Gasteiger charge is 2.18. The van der Waals surface area contributed by atoms with Gasteiger partial charge in [0.15, 0.2) is 0 Å². The molecule has 5 heteroatoms. The molecule has 0 aliphatic heterocycles. The number of aliphatic hydroxyl groups is 2. The molecular weight excluding hydrogens is 182 g/mol. The number of hydrogen-bond donors (Lipinski definition) is 2. The standard InChI is InChI=1S/C9H11N3O2/c10-12-11-9(8(14)6-13)7-4-2-1-3-5-7/h1-5,8-9,13-14H,6H2/t8-,9-/m0/s1. The molecule has 0 saturated heterocycles. The first-order chi connectivity index (χ1) is 6.79. The molecule has 2 atom stereocenters. The Morgan fingerprint density at radius 2 is 2.00 bits per heavy atom. The van der Waals surface area contributed by atoms with Crippen molar-refractivity contribution >= 4 is 0 Å². The van der Waals surface area contributed by atoms with Crippen LogP contribution in [-0.4, -0.2) is 22.9 Å². The summed E-state index contributed by atoms with van der Waals surface area (Å²) in [4.78, 5) is 2.64. The van der Waals surface area contributed by atoms with Crippen molar-refractivity contribution in [1.29, 1.82) is 0 Å². The maximum atomic E-state index is 9.39. The fourth-order valence-corrected chi connectivity index (χ4v) is 1.17. The van der Waals surface area contributed by atoms with Gasteiger partial charge in [-0.3, -0.25) is 0 Å². The van der Waals surface area contributed by atoms with E-state index in [1.807, 2.05) is 6.07 Å². The predicted octanol–water partition coefficient (Wildman–Crippen LogP) is 1.39. The van der Waals surface area contributed by atoms with Crippen molar-refractivity contribution in [2.45, 2.75) is 12.1 Å². The minimum absolute atomic E-state index is 0.432. The third-order valence-corrected chi connectivity index (χ3v) is 1.87. The molecule has 0 radical (unpaired) electrons. The summed E-state index contributed by atoms with van der Waals surface area (Å²) < 4.78 is 0. The van der Waals surface area contributed by atoms with Crippen LogP contribution in [0.5, 0.6) is 0 Å². The van der Waals surface area contributed by atoms with E-state index in [4.69, 9.17) is 10.6 Å². The van der Waals surface area contributed by atoms with Crippen LogP contribution in [0.15, 0.2) is 35.4 Å². The monoisotopic (exact) mass is 193 g/mol. The Morgan fingerprint density at radius 1 is 1.36 bits per heavy atom. The van der Waals surface area contributed by atoms with Crippen molar-refractivity contribution in [2.24, 2.45) is 5.11 Å². The highest BCUT2D eigenvalue weighted by Crippen LogP contribution is 2.20. The van der Waals surface area contributed by atoms with E-state index < -0.39 is 18.8 Å². The number of hydrogen-bond acceptors (Lipinski definition) is 3. The molecule has 0 bridgehead atoms. The second-order valence-electron chi connectivity index (χ2n) is 2.81. The molecule has 0 aromatic heterocycles. The van der Waals surface area contributed by atoms with E-state index in [-0.39, 0.29) is 0 Å². The SMILES string of the molecule is [N-]=[N+]=N[C@@H](c1ccccc1)[C@@H](O)CO. The van der Waals surface area contributed by atoms with Gasteiger partial charge in [0.1, 0.15) is 0 Å². The van der Waals surface area contributed by atoms with Crippen LogP contribution in [0.25, 0.3) is 10.4 Å². The quantitative estimate of drug-likeness (QED) is 0.430. The Labute approximate surface area is 81.2 Å². The zero-order valence-electron chi connectivity index (χ0n) is 7.48. The van der Waals surface area contributed by atoms with Crippen LogP contribution < -0.4 is 0 Å². The third kappa shape index (κ3) is 2.47. The van der Waals surface area contributed by atoms with E-state index in [9.17, 15) is 5.11 Å². The maximum absolute atomic E-state index is 9.39. The van der Waals surface area contributed by atoms with Gasteiger partial charge in [-0.25, -0.2) is 0 Å². The van der Waals surface area contributed by atoms with Gasteiger partial charge in [0.25, 0.3) is 0 Å². The molecule has 14 heavy (non-hydrogen) atoms. The van der Waals surface area contributed by atoms with Gasteiger partial charge in [-0.15, -0.1) is 0 Å². The Hall–Kier alpha value is -1.55. The lowest BCUT2D eigenvalue weighted by atomic mass is 10.0. The Kier molecular flexibility index (Phi) is 3.94. The normalized spacial score (nSPS) is 14.1. The molecule has 2 N–H and O–H groups in total. The molecule has 0 saturated carbocycles. The smallest absolute Gasteiger partial charge is 0.0907 e. The largest absolute Gasteiger partial charge is 0.394 e. The van der Waals surface area contributed by atoms with Crippen LogP contribution in [0.4, 0.5) is 0 Å². The van der Waals surface area contributed by atoms with Gasteiger partial charge in [-0.2, -0.15) is 0 Å². The minimum Gasteiger partial charge on any atom is -0.394 e. The lowest BCUT2D eigenvalue weighted by molar-refractivity contribution is 0.0742. The zero-order valence-corrected chi connectivity index (χ0v) is 7.48. The van der Waals surface area contributed by atoms with Gasteiger partial charge in [0.2, 0.25) is 0 Å². The maximum Gasteiger partial charge on any atom is 0.0907 e. The van der Waals surface area contributed by atoms with E-state index >= 15 is 0 Å². The summed E-state index contributed by atoms with van der Waals surface area (Å²) in [6.45, 7) is -0.432. The van der Waals surface area contributed by atoms with Crippen LogP contribution in [0.2, 0.25) is 0 Å². The van der Waals surface area contributed by atoms with E-state index in [0.717, 1.165) is 0 Å². The Bertz CT molecular complexity index is 322. The lowest BCUT2D eigenvalue weighted by Gasteiger charge is -2.15. The van der Waals surface area contributed by atoms with Gasteiger partial charge in [0.05, 0.1) is 18.8 Å². The van der Waals surface area contributed by atoms with E-state index in [0.29, 0.717) is 5.56 Å². The number of rotatable bonds is 4. The highest BCUT2D eigenvalue weighted by atomic mass is 16.3. The molecule has 1 aromatic rings. The van der Waals surface area contributed by atoms with Crippen LogP contribution in [0.3, 0.4) is 0 Å². The molecule has 0 fully saturated rings. The van der Waals surface area contributed by atoms with E-state index in [1.165, 1.54) is 0 Å². The van der Waals surface area contributed by atoms with Crippen molar-refractivity contribution in [3.63, 3.8) is 0 Å². The third-order valence-electron chi connectivity index (χ3n) is 1.87. The second-order valence-corrected chi connectivity index (χ2v) is 2.81. The topological polar surface area (TPSA) is 89.2 Å². The first-order valence-electron chi connectivity index (χ1n) is 4.17. The zero-order chi connectivity index (χ0) is 10.4. The Balaban J connectivity index is 2.94. The highest BCUT2D eigenvalue weighted by molar-refractivity contribution is 5.20. The molecule has 1 rings (SSSR count). The molecule has 0 unspecified atom stereocenters. The van der Waals surface area contributed by atoms with Crippen molar-refractivity contribution < 1.29 is 10.2 Å². The second kappa shape index (κ2) is 5.24. The number of azide groups is 1. The van der Waals surface area contributed by atoms with E-state index in [1.54, 1.807) is 24.3 Å². The molecule has 1 aromatic carbocycles. The first kappa shape index (κ1) is 10.5. The van der Waals surface area contributed by atoms with Crippen LogP contribution in [-0.2, 0) is 0 Å². The van der Waals surface area contributed by atoms with Gasteiger partial charge in [0, 0.05) is 4.91 Å². The molecule has 0 aliphatic rings. The summed E-state index contributed by atoms with van der Waals surface area (Å²) in [6.07, 6.45) is -1.06. The van der Waals surface area contributed by atoms with Gasteiger partial charge in [-0.1, -0.05) is 35.4 Å². The lowest BCUT2D eigenvalue weighted by Crippen LogP contribution is -2.20. The van der Waals surface area contributed by atoms with Crippen molar-refractivity contribution in [3.8, 4) is 0 Å². The molecule has 74 valence electrons. The number of benzene rings is 1. The van der Waals surface area contributed by atoms with Crippen molar-refractivity contribution in [3.05, 3.63) is 46.3 Å². The minimum atomic E-state index is -1.06. The number of nitrogens with zero attached hydrogens (tertiary/aromatic N) is 3. The molecular formula is C9H11N3O2. The van der Waals surface area contributed by atoms with E-state index in [2.05, 4.69) is 10.0 Å². The molecule has 0 heterocycles. The van der Waals surface area contributed by atoms with Gasteiger partial charge in [-0.05, 0) is 11.1 Å². The summed E-state index contributed by atoms with van der Waals surface area (Å²) >= 11 is 0. The summed E-state index contributed by atoms with van der Waals surface area (Å²) in [6, 6.07) is 8.11. The summed E-state index contributed by atoms with van der Waals surface area (Å²) in [7, 11) is 0. The summed E-state index contributed by atoms with van der Waals surface area (Å²) in [5.41, 5.74) is 8.99. The average Bonchev–Trinajstić information content (AvgIpc) is 2.26. The molecule has 0 aliphatic carbocycles. The molecule has 0 spiro atoms. The molecule has 5 nitrogen and oxygen atoms in total. The molecule has 0 amide bonds. The fraction of sp³-hybridized carbons (Fsp3) is 0.333. The van der Waals surface area contributed by atoms with Crippen LogP contribution in [0, 0.1) is 0 Å². The summed E-state index contributed by atoms with van der Waals surface area (Å²) in [5, 5.41) is 21.6. The fourth-order valence-electron chi connectivity index (χ4n) is 1.17. The Morgan fingerprint density at radius 3 is 2.50 bits per heavy atom. The first-order valence-corrected chi connectivity index (χ1v) is 4.17.